The lowest BCUT2D eigenvalue weighted by Gasteiger charge is -2.30. The molecule has 0 unspecified atom stereocenters. The fraction of sp³-hybridized carbons (Fsp3) is 0.0400. The van der Waals surface area contributed by atoms with Crippen LogP contribution in [0.2, 0.25) is 0 Å². The monoisotopic (exact) mass is 666 g/mol. The molecule has 9 rings (SSSR count). The van der Waals surface area contributed by atoms with E-state index in [-0.39, 0.29) is 0 Å². The molecule has 0 fully saturated rings. The van der Waals surface area contributed by atoms with Crippen LogP contribution in [0.1, 0.15) is 12.8 Å². The highest BCUT2D eigenvalue weighted by Gasteiger charge is 2.18. The van der Waals surface area contributed by atoms with Crippen LogP contribution in [0, 0.1) is 0 Å². The molecule has 0 bridgehead atoms. The Bertz CT molecular complexity index is 2530. The van der Waals surface area contributed by atoms with Crippen LogP contribution in [0.25, 0.3) is 43.8 Å². The van der Waals surface area contributed by atoms with Crippen LogP contribution in [0.5, 0.6) is 0 Å². The maximum atomic E-state index is 2.43. The van der Waals surface area contributed by atoms with Gasteiger partial charge in [-0.2, -0.15) is 0 Å². The Morgan fingerprint density at radius 1 is 0.346 bits per heavy atom. The van der Waals surface area contributed by atoms with Crippen molar-refractivity contribution in [3.05, 3.63) is 212 Å². The van der Waals surface area contributed by atoms with Crippen LogP contribution in [-0.2, 0) is 0 Å². The molecular formula is C50H38N2. The van der Waals surface area contributed by atoms with Crippen LogP contribution >= 0.6 is 0 Å². The van der Waals surface area contributed by atoms with E-state index in [0.29, 0.717) is 0 Å². The Labute approximate surface area is 305 Å². The summed E-state index contributed by atoms with van der Waals surface area (Å²) in [6, 6.07) is 67.9. The van der Waals surface area contributed by atoms with E-state index >= 15 is 0 Å². The van der Waals surface area contributed by atoms with E-state index in [0.717, 1.165) is 24.2 Å². The van der Waals surface area contributed by atoms with Crippen molar-refractivity contribution < 1.29 is 0 Å². The first-order valence-electron chi connectivity index (χ1n) is 18.1. The van der Waals surface area contributed by atoms with Crippen LogP contribution < -0.4 is 9.80 Å². The molecule has 2 nitrogen and oxygen atoms in total. The third kappa shape index (κ3) is 6.05. The van der Waals surface area contributed by atoms with Crippen LogP contribution in [0.15, 0.2) is 212 Å². The van der Waals surface area contributed by atoms with Gasteiger partial charge in [0.15, 0.2) is 0 Å². The molecule has 0 aromatic heterocycles. The van der Waals surface area contributed by atoms with Gasteiger partial charge in [-0.05, 0) is 100 Å². The van der Waals surface area contributed by atoms with Crippen LogP contribution in [-0.4, -0.2) is 0 Å². The number of hydrogen-bond donors (Lipinski definition) is 0. The molecule has 0 amide bonds. The second kappa shape index (κ2) is 13.9. The van der Waals surface area contributed by atoms with Gasteiger partial charge in [-0.15, -0.1) is 0 Å². The van der Waals surface area contributed by atoms with E-state index in [2.05, 4.69) is 216 Å². The number of fused-ring (bicyclic) bond motifs is 2. The summed E-state index contributed by atoms with van der Waals surface area (Å²) in [5.41, 5.74) is 11.9. The predicted octanol–water partition coefficient (Wildman–Crippen LogP) is 14.2. The quantitative estimate of drug-likeness (QED) is 0.159. The number of hydrogen-bond acceptors (Lipinski definition) is 2. The molecule has 0 saturated carbocycles. The third-order valence-corrected chi connectivity index (χ3v) is 10.1. The molecule has 0 atom stereocenters. The van der Waals surface area contributed by atoms with Crippen molar-refractivity contribution in [3.8, 4) is 22.3 Å². The molecule has 0 heterocycles. The average Bonchev–Trinajstić information content (AvgIpc) is 3.23. The number of anilines is 5. The Hall–Kier alpha value is -6.64. The van der Waals surface area contributed by atoms with Crippen molar-refractivity contribution in [2.75, 3.05) is 9.80 Å². The lowest BCUT2D eigenvalue weighted by molar-refractivity contribution is 0.919. The maximum absolute atomic E-state index is 2.43. The Morgan fingerprint density at radius 2 is 0.769 bits per heavy atom. The number of allylic oxidation sites excluding steroid dienone is 4. The van der Waals surface area contributed by atoms with Crippen LogP contribution in [0.3, 0.4) is 0 Å². The summed E-state index contributed by atoms with van der Waals surface area (Å²) < 4.78 is 0. The normalized spacial score (nSPS) is 12.5. The van der Waals surface area contributed by atoms with E-state index < -0.39 is 0 Å². The first-order valence-corrected chi connectivity index (χ1v) is 18.1. The Balaban J connectivity index is 0.996. The molecule has 0 radical (unpaired) electrons. The van der Waals surface area contributed by atoms with Gasteiger partial charge >= 0.3 is 0 Å². The van der Waals surface area contributed by atoms with Gasteiger partial charge in [0.25, 0.3) is 0 Å². The first kappa shape index (κ1) is 31.3. The van der Waals surface area contributed by atoms with E-state index in [1.807, 2.05) is 0 Å². The summed E-state index contributed by atoms with van der Waals surface area (Å²) in [5.74, 6) is 0. The minimum atomic E-state index is 1.01. The van der Waals surface area contributed by atoms with Gasteiger partial charge in [-0.25, -0.2) is 0 Å². The van der Waals surface area contributed by atoms with E-state index in [9.17, 15) is 0 Å². The summed E-state index contributed by atoms with van der Waals surface area (Å²) in [7, 11) is 0. The molecule has 0 aliphatic heterocycles. The standard InChI is InChI=1S/C50H38N2/c1-3-17-43(18-4-1)51(49-23-11-15-41-13-7-9-21-47(41)49)45-33-29-39(30-34-45)37-25-27-38(28-26-37)40-31-35-46(36-32-40)52(44-19-5-2-6-20-44)50-24-12-16-42-14-8-10-22-48(42)50/h1-5,7-19,21-36H,6,20H2. The summed E-state index contributed by atoms with van der Waals surface area (Å²) in [4.78, 5) is 4.78. The molecular weight excluding hydrogens is 629 g/mol. The highest BCUT2D eigenvalue weighted by Crippen LogP contribution is 2.41. The topological polar surface area (TPSA) is 6.48 Å². The number of para-hydroxylation sites is 1. The molecule has 8 aromatic carbocycles. The van der Waals surface area contributed by atoms with E-state index in [4.69, 9.17) is 0 Å². The SMILES string of the molecule is C1=CCCC(N(c2ccc(-c3ccc(-c4ccc(N(c5ccccc5)c5cccc6ccccc56)cc4)cc3)cc2)c2cccc3ccccc23)=C1. The van der Waals surface area contributed by atoms with Gasteiger partial charge < -0.3 is 9.80 Å². The zero-order valence-electron chi connectivity index (χ0n) is 28.9. The fourth-order valence-electron chi connectivity index (χ4n) is 7.51. The van der Waals surface area contributed by atoms with Crippen molar-refractivity contribution >= 4 is 50.0 Å². The lowest BCUT2D eigenvalue weighted by Crippen LogP contribution is -2.17. The van der Waals surface area contributed by atoms with Gasteiger partial charge in [-0.1, -0.05) is 152 Å². The summed E-state index contributed by atoms with van der Waals surface area (Å²) in [6.07, 6.45) is 8.75. The number of benzene rings is 8. The van der Waals surface area contributed by atoms with Crippen LogP contribution in [0.4, 0.5) is 28.4 Å². The molecule has 0 N–H and O–H groups in total. The molecule has 248 valence electrons. The van der Waals surface area contributed by atoms with Gasteiger partial charge in [0, 0.05) is 33.5 Å². The van der Waals surface area contributed by atoms with Crippen molar-refractivity contribution in [1.82, 2.24) is 0 Å². The molecule has 1 aliphatic carbocycles. The van der Waals surface area contributed by atoms with E-state index in [1.165, 1.54) is 66.6 Å². The minimum Gasteiger partial charge on any atom is -0.314 e. The summed E-state index contributed by atoms with van der Waals surface area (Å²) >= 11 is 0. The molecule has 0 spiro atoms. The Kier molecular flexibility index (Phi) is 8.40. The highest BCUT2D eigenvalue weighted by atomic mass is 15.2. The first-order chi connectivity index (χ1) is 25.8. The zero-order valence-corrected chi connectivity index (χ0v) is 28.9. The molecule has 8 aromatic rings. The molecule has 0 saturated heterocycles. The minimum absolute atomic E-state index is 1.01. The lowest BCUT2D eigenvalue weighted by atomic mass is 9.99. The average molecular weight is 667 g/mol. The van der Waals surface area contributed by atoms with Crippen molar-refractivity contribution in [1.29, 1.82) is 0 Å². The Morgan fingerprint density at radius 3 is 1.29 bits per heavy atom. The fourth-order valence-corrected chi connectivity index (χ4v) is 7.51. The third-order valence-electron chi connectivity index (χ3n) is 10.1. The second-order valence-electron chi connectivity index (χ2n) is 13.3. The number of rotatable bonds is 8. The molecule has 52 heavy (non-hydrogen) atoms. The zero-order chi connectivity index (χ0) is 34.7. The van der Waals surface area contributed by atoms with Gasteiger partial charge in [0.2, 0.25) is 0 Å². The van der Waals surface area contributed by atoms with Crippen molar-refractivity contribution in [2.45, 2.75) is 12.8 Å². The summed E-state index contributed by atoms with van der Waals surface area (Å²) in [5, 5.41) is 4.97. The number of nitrogens with zero attached hydrogens (tertiary/aromatic N) is 2. The largest absolute Gasteiger partial charge is 0.314 e. The predicted molar refractivity (Wildman–Crippen MR) is 222 cm³/mol. The summed E-state index contributed by atoms with van der Waals surface area (Å²) in [6.45, 7) is 0. The molecule has 2 heteroatoms. The van der Waals surface area contributed by atoms with Gasteiger partial charge in [-0.3, -0.25) is 0 Å². The van der Waals surface area contributed by atoms with E-state index in [1.54, 1.807) is 0 Å². The highest BCUT2D eigenvalue weighted by molar-refractivity contribution is 5.99. The van der Waals surface area contributed by atoms with Gasteiger partial charge in [0.05, 0.1) is 11.4 Å². The maximum Gasteiger partial charge on any atom is 0.0540 e. The van der Waals surface area contributed by atoms with Gasteiger partial charge in [0.1, 0.15) is 0 Å². The van der Waals surface area contributed by atoms with Crippen molar-refractivity contribution in [3.63, 3.8) is 0 Å². The smallest absolute Gasteiger partial charge is 0.0540 e. The second-order valence-corrected chi connectivity index (χ2v) is 13.3. The van der Waals surface area contributed by atoms with Crippen molar-refractivity contribution in [2.24, 2.45) is 0 Å². The molecule has 1 aliphatic rings.